The lowest BCUT2D eigenvalue weighted by Gasteiger charge is -2.27. The topological polar surface area (TPSA) is 31.9 Å². The first-order valence-corrected chi connectivity index (χ1v) is 4.99. The Bertz CT molecular complexity index is 277. The SMILES string of the molecule is CC(C)CN1CCc2cn[nH]c2C1. The number of hydrogen-bond acceptors (Lipinski definition) is 2. The number of fused-ring (bicyclic) bond motifs is 1. The average molecular weight is 179 g/mol. The van der Waals surface area contributed by atoms with Crippen molar-refractivity contribution in [1.29, 1.82) is 0 Å². The Morgan fingerprint density at radius 2 is 2.46 bits per heavy atom. The first kappa shape index (κ1) is 8.75. The van der Waals surface area contributed by atoms with Gasteiger partial charge in [0.15, 0.2) is 0 Å². The molecule has 3 heteroatoms. The first-order chi connectivity index (χ1) is 6.25. The minimum atomic E-state index is 0.754. The van der Waals surface area contributed by atoms with E-state index in [1.807, 2.05) is 6.20 Å². The molecule has 2 heterocycles. The molecule has 0 aliphatic carbocycles. The second-order valence-corrected chi connectivity index (χ2v) is 4.25. The maximum atomic E-state index is 4.07. The molecule has 0 spiro atoms. The van der Waals surface area contributed by atoms with Crippen molar-refractivity contribution in [2.75, 3.05) is 13.1 Å². The van der Waals surface area contributed by atoms with Gasteiger partial charge in [0.1, 0.15) is 0 Å². The summed E-state index contributed by atoms with van der Waals surface area (Å²) in [6.07, 6.45) is 3.11. The minimum Gasteiger partial charge on any atom is -0.297 e. The van der Waals surface area contributed by atoms with Gasteiger partial charge in [0.2, 0.25) is 0 Å². The average Bonchev–Trinajstić information content (AvgIpc) is 2.49. The number of nitrogens with one attached hydrogen (secondary N) is 1. The van der Waals surface area contributed by atoms with Gasteiger partial charge in [-0.3, -0.25) is 10.00 Å². The summed E-state index contributed by atoms with van der Waals surface area (Å²) >= 11 is 0. The molecule has 1 aliphatic rings. The van der Waals surface area contributed by atoms with Gasteiger partial charge in [-0.25, -0.2) is 0 Å². The van der Waals surface area contributed by atoms with Crippen LogP contribution >= 0.6 is 0 Å². The molecule has 0 saturated heterocycles. The lowest BCUT2D eigenvalue weighted by molar-refractivity contribution is 0.224. The van der Waals surface area contributed by atoms with Gasteiger partial charge in [-0.1, -0.05) is 13.8 Å². The molecule has 1 aromatic rings. The lowest BCUT2D eigenvalue weighted by atomic mass is 10.1. The molecular weight excluding hydrogens is 162 g/mol. The summed E-state index contributed by atoms with van der Waals surface area (Å²) in [7, 11) is 0. The molecular formula is C10H17N3. The van der Waals surface area contributed by atoms with Gasteiger partial charge in [-0.2, -0.15) is 5.10 Å². The van der Waals surface area contributed by atoms with Crippen LogP contribution in [0.3, 0.4) is 0 Å². The molecule has 0 amide bonds. The number of rotatable bonds is 2. The summed E-state index contributed by atoms with van der Waals surface area (Å²) in [5.74, 6) is 0.754. The summed E-state index contributed by atoms with van der Waals surface area (Å²) in [5.41, 5.74) is 2.71. The van der Waals surface area contributed by atoms with Gasteiger partial charge in [0, 0.05) is 19.6 Å². The highest BCUT2D eigenvalue weighted by molar-refractivity contribution is 5.18. The predicted molar refractivity (Wildman–Crippen MR) is 52.4 cm³/mol. The second kappa shape index (κ2) is 3.50. The largest absolute Gasteiger partial charge is 0.297 e. The van der Waals surface area contributed by atoms with E-state index in [1.54, 1.807) is 0 Å². The van der Waals surface area contributed by atoms with Crippen molar-refractivity contribution in [3.8, 4) is 0 Å². The summed E-state index contributed by atoms with van der Waals surface area (Å²) in [4.78, 5) is 2.49. The van der Waals surface area contributed by atoms with Crippen LogP contribution in [0, 0.1) is 5.92 Å². The minimum absolute atomic E-state index is 0.754. The van der Waals surface area contributed by atoms with Crippen LogP contribution in [0.4, 0.5) is 0 Å². The molecule has 1 aliphatic heterocycles. The molecule has 1 aromatic heterocycles. The maximum Gasteiger partial charge on any atom is 0.0524 e. The number of H-pyrrole nitrogens is 1. The van der Waals surface area contributed by atoms with Crippen molar-refractivity contribution in [1.82, 2.24) is 15.1 Å². The third kappa shape index (κ3) is 1.91. The number of aromatic nitrogens is 2. The van der Waals surface area contributed by atoms with Crippen molar-refractivity contribution in [3.05, 3.63) is 17.5 Å². The monoisotopic (exact) mass is 179 g/mol. The van der Waals surface area contributed by atoms with Crippen LogP contribution in [0.1, 0.15) is 25.1 Å². The summed E-state index contributed by atoms with van der Waals surface area (Å²) in [5, 5.41) is 7.13. The Morgan fingerprint density at radius 1 is 1.62 bits per heavy atom. The van der Waals surface area contributed by atoms with E-state index >= 15 is 0 Å². The third-order valence-corrected chi connectivity index (χ3v) is 2.51. The molecule has 0 aromatic carbocycles. The Morgan fingerprint density at radius 3 is 3.23 bits per heavy atom. The molecule has 2 rings (SSSR count). The summed E-state index contributed by atoms with van der Waals surface area (Å²) in [6, 6.07) is 0. The Hall–Kier alpha value is -0.830. The highest BCUT2D eigenvalue weighted by Crippen LogP contribution is 2.16. The van der Waals surface area contributed by atoms with Crippen LogP contribution in [-0.4, -0.2) is 28.2 Å². The van der Waals surface area contributed by atoms with E-state index in [9.17, 15) is 0 Å². The molecule has 0 fully saturated rings. The van der Waals surface area contributed by atoms with Crippen LogP contribution in [0.15, 0.2) is 6.20 Å². The van der Waals surface area contributed by atoms with Gasteiger partial charge in [0.05, 0.1) is 11.9 Å². The van der Waals surface area contributed by atoms with E-state index in [1.165, 1.54) is 24.3 Å². The van der Waals surface area contributed by atoms with E-state index in [4.69, 9.17) is 0 Å². The van der Waals surface area contributed by atoms with E-state index in [-0.39, 0.29) is 0 Å². The fourth-order valence-corrected chi connectivity index (χ4v) is 1.94. The smallest absolute Gasteiger partial charge is 0.0524 e. The first-order valence-electron chi connectivity index (χ1n) is 4.99. The zero-order valence-electron chi connectivity index (χ0n) is 8.38. The van der Waals surface area contributed by atoms with E-state index in [0.717, 1.165) is 18.9 Å². The summed E-state index contributed by atoms with van der Waals surface area (Å²) < 4.78 is 0. The van der Waals surface area contributed by atoms with Gasteiger partial charge in [0.25, 0.3) is 0 Å². The van der Waals surface area contributed by atoms with E-state index in [0.29, 0.717) is 0 Å². The number of nitrogens with zero attached hydrogens (tertiary/aromatic N) is 2. The molecule has 0 unspecified atom stereocenters. The molecule has 13 heavy (non-hydrogen) atoms. The van der Waals surface area contributed by atoms with E-state index in [2.05, 4.69) is 28.9 Å². The third-order valence-electron chi connectivity index (χ3n) is 2.51. The highest BCUT2D eigenvalue weighted by atomic mass is 15.2. The fourth-order valence-electron chi connectivity index (χ4n) is 1.94. The van der Waals surface area contributed by atoms with Gasteiger partial charge >= 0.3 is 0 Å². The normalized spacial score (nSPS) is 17.8. The van der Waals surface area contributed by atoms with Crippen molar-refractivity contribution in [2.24, 2.45) is 5.92 Å². The van der Waals surface area contributed by atoms with Crippen molar-refractivity contribution in [2.45, 2.75) is 26.8 Å². The zero-order chi connectivity index (χ0) is 9.26. The Labute approximate surface area is 79.1 Å². The zero-order valence-corrected chi connectivity index (χ0v) is 8.38. The fraction of sp³-hybridized carbons (Fsp3) is 0.700. The van der Waals surface area contributed by atoms with Crippen LogP contribution in [0.2, 0.25) is 0 Å². The number of hydrogen-bond donors (Lipinski definition) is 1. The van der Waals surface area contributed by atoms with Crippen molar-refractivity contribution in [3.63, 3.8) is 0 Å². The molecule has 0 saturated carbocycles. The van der Waals surface area contributed by atoms with Gasteiger partial charge < -0.3 is 0 Å². The number of aromatic amines is 1. The molecule has 3 nitrogen and oxygen atoms in total. The van der Waals surface area contributed by atoms with Crippen molar-refractivity contribution < 1.29 is 0 Å². The Kier molecular flexibility index (Phi) is 2.36. The maximum absolute atomic E-state index is 4.07. The van der Waals surface area contributed by atoms with Crippen molar-refractivity contribution >= 4 is 0 Å². The highest BCUT2D eigenvalue weighted by Gasteiger charge is 2.17. The van der Waals surface area contributed by atoms with E-state index < -0.39 is 0 Å². The molecule has 72 valence electrons. The van der Waals surface area contributed by atoms with Crippen LogP contribution < -0.4 is 0 Å². The standard InChI is InChI=1S/C10H17N3/c1-8(2)6-13-4-3-9-5-11-12-10(9)7-13/h5,8H,3-4,6-7H2,1-2H3,(H,11,12). The predicted octanol–water partition coefficient (Wildman–Crippen LogP) is 1.42. The van der Waals surface area contributed by atoms with Crippen LogP contribution in [0.25, 0.3) is 0 Å². The second-order valence-electron chi connectivity index (χ2n) is 4.25. The van der Waals surface area contributed by atoms with Gasteiger partial charge in [-0.15, -0.1) is 0 Å². The quantitative estimate of drug-likeness (QED) is 0.744. The molecule has 0 radical (unpaired) electrons. The lowest BCUT2D eigenvalue weighted by Crippen LogP contribution is -2.33. The van der Waals surface area contributed by atoms with Crippen LogP contribution in [0.5, 0.6) is 0 Å². The Balaban J connectivity index is 2.00. The molecule has 0 bridgehead atoms. The van der Waals surface area contributed by atoms with Gasteiger partial charge in [-0.05, 0) is 17.9 Å². The molecule has 0 atom stereocenters. The van der Waals surface area contributed by atoms with Crippen LogP contribution in [-0.2, 0) is 13.0 Å². The molecule has 1 N–H and O–H groups in total. The summed E-state index contributed by atoms with van der Waals surface area (Å²) in [6.45, 7) is 7.96.